The van der Waals surface area contributed by atoms with Crippen molar-refractivity contribution in [1.82, 2.24) is 15.1 Å². The monoisotopic (exact) mass is 294 g/mol. The number of nitrogens with one attached hydrogen (secondary N) is 1. The third-order valence-corrected chi connectivity index (χ3v) is 3.97. The summed E-state index contributed by atoms with van der Waals surface area (Å²) in [4.78, 5) is 16.3. The Kier molecular flexibility index (Phi) is 8.33. The van der Waals surface area contributed by atoms with Crippen LogP contribution in [0.5, 0.6) is 0 Å². The molecule has 1 aliphatic rings. The van der Waals surface area contributed by atoms with E-state index >= 15 is 0 Å². The Morgan fingerprint density at radius 3 is 2.43 bits per heavy atom. The van der Waals surface area contributed by atoms with Gasteiger partial charge in [0.15, 0.2) is 0 Å². The molecule has 1 heterocycles. The van der Waals surface area contributed by atoms with E-state index < -0.39 is 0 Å². The zero-order valence-corrected chi connectivity index (χ0v) is 13.8. The van der Waals surface area contributed by atoms with Gasteiger partial charge in [-0.3, -0.25) is 14.6 Å². The highest BCUT2D eigenvalue weighted by Gasteiger charge is 2.23. The summed E-state index contributed by atoms with van der Waals surface area (Å²) in [5.74, 6) is 0.741. The summed E-state index contributed by atoms with van der Waals surface area (Å²) in [6.07, 6.45) is 3.00. The van der Waals surface area contributed by atoms with Gasteiger partial charge in [0, 0.05) is 32.7 Å². The first-order chi connectivity index (χ1) is 10.1. The van der Waals surface area contributed by atoms with Gasteiger partial charge in [0.05, 0.1) is 18.7 Å². The highest BCUT2D eigenvalue weighted by atomic mass is 16.2. The fourth-order valence-electron chi connectivity index (χ4n) is 2.59. The van der Waals surface area contributed by atoms with Crippen LogP contribution in [-0.2, 0) is 4.79 Å². The predicted octanol–water partition coefficient (Wildman–Crippen LogP) is 1.46. The maximum atomic E-state index is 11.8. The maximum absolute atomic E-state index is 11.8. The van der Waals surface area contributed by atoms with Gasteiger partial charge in [-0.25, -0.2) is 0 Å². The zero-order valence-electron chi connectivity index (χ0n) is 13.8. The highest BCUT2D eigenvalue weighted by Crippen LogP contribution is 2.10. The molecule has 1 aliphatic heterocycles. The van der Waals surface area contributed by atoms with Crippen molar-refractivity contribution < 1.29 is 4.79 Å². The van der Waals surface area contributed by atoms with E-state index in [-0.39, 0.29) is 11.9 Å². The van der Waals surface area contributed by atoms with E-state index in [9.17, 15) is 10.1 Å². The van der Waals surface area contributed by atoms with Crippen molar-refractivity contribution in [2.75, 3.05) is 39.3 Å². The number of amides is 1. The van der Waals surface area contributed by atoms with Crippen LogP contribution in [0.3, 0.4) is 0 Å². The van der Waals surface area contributed by atoms with Crippen molar-refractivity contribution in [1.29, 1.82) is 5.26 Å². The molecule has 0 spiro atoms. The molecule has 0 aromatic carbocycles. The smallest absolute Gasteiger partial charge is 0.234 e. The zero-order chi connectivity index (χ0) is 15.7. The topological polar surface area (TPSA) is 59.4 Å². The molecule has 5 nitrogen and oxygen atoms in total. The molecule has 0 radical (unpaired) electrons. The van der Waals surface area contributed by atoms with Crippen LogP contribution in [0.2, 0.25) is 0 Å². The Balaban J connectivity index is 2.24. The number of hydrogen-bond donors (Lipinski definition) is 1. The normalized spacial score (nSPS) is 18.4. The number of piperazine rings is 1. The molecule has 1 saturated heterocycles. The van der Waals surface area contributed by atoms with Gasteiger partial charge >= 0.3 is 0 Å². The molecular weight excluding hydrogens is 264 g/mol. The first-order valence-corrected chi connectivity index (χ1v) is 8.19. The first-order valence-electron chi connectivity index (χ1n) is 8.19. The van der Waals surface area contributed by atoms with Crippen LogP contribution < -0.4 is 5.32 Å². The molecule has 1 atom stereocenters. The minimum Gasteiger partial charge on any atom is -0.355 e. The summed E-state index contributed by atoms with van der Waals surface area (Å²) < 4.78 is 0. The average molecular weight is 294 g/mol. The molecule has 21 heavy (non-hydrogen) atoms. The van der Waals surface area contributed by atoms with Gasteiger partial charge in [-0.15, -0.1) is 0 Å². The van der Waals surface area contributed by atoms with E-state index in [1.165, 1.54) is 0 Å². The van der Waals surface area contributed by atoms with Crippen LogP contribution in [0.25, 0.3) is 0 Å². The second kappa shape index (κ2) is 9.75. The average Bonchev–Trinajstić information content (AvgIpc) is 2.45. The number of rotatable bonds is 8. The first kappa shape index (κ1) is 17.9. The van der Waals surface area contributed by atoms with Gasteiger partial charge in [0.2, 0.25) is 5.91 Å². The summed E-state index contributed by atoms with van der Waals surface area (Å²) in [6.45, 7) is 11.2. The standard InChI is InChI=1S/C16H30N4O/c1-4-5-15(12-17)20-10-8-19(9-11-20)13-16(21)18-7-6-14(2)3/h14-15H,4-11,13H2,1-3H3,(H,18,21). The van der Waals surface area contributed by atoms with Crippen LogP contribution in [0.1, 0.15) is 40.0 Å². The molecule has 0 aliphatic carbocycles. The lowest BCUT2D eigenvalue weighted by molar-refractivity contribution is -0.122. The van der Waals surface area contributed by atoms with Crippen LogP contribution in [0, 0.1) is 17.2 Å². The lowest BCUT2D eigenvalue weighted by Gasteiger charge is -2.36. The van der Waals surface area contributed by atoms with Crippen molar-refractivity contribution in [3.8, 4) is 6.07 Å². The van der Waals surface area contributed by atoms with E-state index in [2.05, 4.69) is 42.0 Å². The van der Waals surface area contributed by atoms with Crippen molar-refractivity contribution in [3.63, 3.8) is 0 Å². The molecular formula is C16H30N4O. The van der Waals surface area contributed by atoms with Gasteiger partial charge in [-0.2, -0.15) is 5.26 Å². The minimum atomic E-state index is 0.0389. The summed E-state index contributed by atoms with van der Waals surface area (Å²) in [5.41, 5.74) is 0. The molecule has 120 valence electrons. The Labute approximate surface area is 129 Å². The third-order valence-electron chi connectivity index (χ3n) is 3.97. The van der Waals surface area contributed by atoms with Crippen molar-refractivity contribution in [2.45, 2.75) is 46.1 Å². The van der Waals surface area contributed by atoms with Gasteiger partial charge in [-0.05, 0) is 18.8 Å². The summed E-state index contributed by atoms with van der Waals surface area (Å²) in [5, 5.41) is 12.2. The van der Waals surface area contributed by atoms with E-state index in [4.69, 9.17) is 0 Å². The molecule has 5 heteroatoms. The van der Waals surface area contributed by atoms with E-state index in [1.54, 1.807) is 0 Å². The lowest BCUT2D eigenvalue weighted by atomic mass is 10.1. The van der Waals surface area contributed by atoms with Crippen molar-refractivity contribution in [3.05, 3.63) is 0 Å². The second-order valence-electron chi connectivity index (χ2n) is 6.28. The molecule has 1 amide bonds. The second-order valence-corrected chi connectivity index (χ2v) is 6.28. The van der Waals surface area contributed by atoms with Crippen LogP contribution in [-0.4, -0.2) is 61.0 Å². The van der Waals surface area contributed by atoms with E-state index in [0.29, 0.717) is 12.5 Å². The Bertz CT molecular complexity index is 343. The van der Waals surface area contributed by atoms with E-state index in [0.717, 1.165) is 52.0 Å². The van der Waals surface area contributed by atoms with Gasteiger partial charge in [0.1, 0.15) is 0 Å². The number of hydrogen-bond acceptors (Lipinski definition) is 4. The lowest BCUT2D eigenvalue weighted by Crippen LogP contribution is -2.52. The van der Waals surface area contributed by atoms with Crippen molar-refractivity contribution in [2.24, 2.45) is 5.92 Å². The molecule has 0 bridgehead atoms. The maximum Gasteiger partial charge on any atom is 0.234 e. The fraction of sp³-hybridized carbons (Fsp3) is 0.875. The molecule has 0 aromatic heterocycles. The number of nitrogens with zero attached hydrogens (tertiary/aromatic N) is 3. The van der Waals surface area contributed by atoms with Gasteiger partial charge in [0.25, 0.3) is 0 Å². The minimum absolute atomic E-state index is 0.0389. The molecule has 0 aromatic rings. The van der Waals surface area contributed by atoms with Gasteiger partial charge < -0.3 is 5.32 Å². The number of carbonyl (C=O) groups is 1. The fourth-order valence-corrected chi connectivity index (χ4v) is 2.59. The summed E-state index contributed by atoms with van der Waals surface area (Å²) in [6, 6.07) is 2.43. The third kappa shape index (κ3) is 6.92. The SMILES string of the molecule is CCCC(C#N)N1CCN(CC(=O)NCCC(C)C)CC1. The predicted molar refractivity (Wildman–Crippen MR) is 84.8 cm³/mol. The molecule has 1 unspecified atom stereocenters. The highest BCUT2D eigenvalue weighted by molar-refractivity contribution is 5.77. The van der Waals surface area contributed by atoms with E-state index in [1.807, 2.05) is 0 Å². The quantitative estimate of drug-likeness (QED) is 0.736. The molecule has 1 fully saturated rings. The largest absolute Gasteiger partial charge is 0.355 e. The summed E-state index contributed by atoms with van der Waals surface area (Å²) in [7, 11) is 0. The molecule has 0 saturated carbocycles. The van der Waals surface area contributed by atoms with Crippen LogP contribution >= 0.6 is 0 Å². The molecule has 1 N–H and O–H groups in total. The number of carbonyl (C=O) groups excluding carboxylic acids is 1. The summed E-state index contributed by atoms with van der Waals surface area (Å²) >= 11 is 0. The molecule has 1 rings (SSSR count). The Hall–Kier alpha value is -1.12. The van der Waals surface area contributed by atoms with Crippen LogP contribution in [0.15, 0.2) is 0 Å². The van der Waals surface area contributed by atoms with Crippen molar-refractivity contribution >= 4 is 5.91 Å². The Morgan fingerprint density at radius 2 is 1.90 bits per heavy atom. The van der Waals surface area contributed by atoms with Crippen LogP contribution in [0.4, 0.5) is 0 Å². The van der Waals surface area contributed by atoms with Gasteiger partial charge in [-0.1, -0.05) is 27.2 Å². The number of nitriles is 1. The Morgan fingerprint density at radius 1 is 1.24 bits per heavy atom.